The van der Waals surface area contributed by atoms with E-state index in [-0.39, 0.29) is 13.1 Å². The van der Waals surface area contributed by atoms with Crippen LogP contribution in [0.15, 0.2) is 125 Å². The second-order valence-electron chi connectivity index (χ2n) is 9.65. The first-order valence-electron chi connectivity index (χ1n) is 13.2. The second-order valence-corrected chi connectivity index (χ2v) is 14.1. The molecule has 202 valence electrons. The van der Waals surface area contributed by atoms with Gasteiger partial charge >= 0.3 is 33.3 Å². The summed E-state index contributed by atoms with van der Waals surface area (Å²) in [5.74, 6) is 0. The van der Waals surface area contributed by atoms with Crippen LogP contribution in [-0.2, 0) is 13.1 Å². The van der Waals surface area contributed by atoms with Crippen molar-refractivity contribution in [2.24, 2.45) is 9.98 Å². The zero-order valence-electron chi connectivity index (χ0n) is 22.4. The maximum atomic E-state index is 5.30. The predicted octanol–water partition coefficient (Wildman–Crippen LogP) is 8.62. The van der Waals surface area contributed by atoms with Crippen LogP contribution >= 0.6 is 28.1 Å². The van der Waals surface area contributed by atoms with Gasteiger partial charge in [0.2, 0.25) is 0 Å². The number of hydrogen-bond donors (Lipinski definition) is 0. The summed E-state index contributed by atoms with van der Waals surface area (Å²) in [6.07, 6.45) is 1.03. The van der Waals surface area contributed by atoms with E-state index in [1.807, 2.05) is 0 Å². The van der Waals surface area contributed by atoms with Crippen LogP contribution in [0.5, 0.6) is 0 Å². The summed E-state index contributed by atoms with van der Waals surface area (Å²) in [5, 5.41) is 5.37. The molecular formula is C34H30Cl2FeN2P+. The summed E-state index contributed by atoms with van der Waals surface area (Å²) in [6, 6.07) is 41.3. The Bertz CT molecular complexity index is 1610. The molecule has 1 aliphatic carbocycles. The predicted molar refractivity (Wildman–Crippen MR) is 175 cm³/mol. The fourth-order valence-corrected chi connectivity index (χ4v) is 7.81. The molecule has 0 radical (unpaired) electrons. The zero-order chi connectivity index (χ0) is 27.9. The van der Waals surface area contributed by atoms with E-state index in [0.29, 0.717) is 0 Å². The van der Waals surface area contributed by atoms with E-state index in [0.717, 1.165) is 29.8 Å². The molecule has 6 heteroatoms. The average molecular weight is 624 g/mol. The van der Waals surface area contributed by atoms with Gasteiger partial charge in [-0.2, -0.15) is 0 Å². The van der Waals surface area contributed by atoms with E-state index in [1.165, 1.54) is 43.6 Å². The normalized spacial score (nSPS) is 14.2. The van der Waals surface area contributed by atoms with Crippen LogP contribution in [0.3, 0.4) is 0 Å². The third-order valence-electron chi connectivity index (χ3n) is 7.18. The molecule has 0 spiro atoms. The van der Waals surface area contributed by atoms with Crippen molar-refractivity contribution in [2.45, 2.75) is 13.8 Å². The van der Waals surface area contributed by atoms with Gasteiger partial charge in [-0.15, -0.1) is 0 Å². The van der Waals surface area contributed by atoms with Crippen LogP contribution < -0.4 is 10.6 Å². The van der Waals surface area contributed by atoms with E-state index in [9.17, 15) is 0 Å². The number of para-hydroxylation sites is 1. The number of nitrogens with zero attached hydrogens (tertiary/aromatic N) is 2. The number of rotatable bonds is 6. The van der Waals surface area contributed by atoms with Gasteiger partial charge in [-0.25, -0.2) is 4.99 Å². The first-order chi connectivity index (χ1) is 19.6. The van der Waals surface area contributed by atoms with Gasteiger partial charge in [-0.3, -0.25) is 4.99 Å². The summed E-state index contributed by atoms with van der Waals surface area (Å²) >= 11 is 0.194. The summed E-state index contributed by atoms with van der Waals surface area (Å²) in [7, 11) is 8.58. The molecule has 0 aromatic heterocycles. The maximum absolute atomic E-state index is 5.30. The molecule has 40 heavy (non-hydrogen) atoms. The second kappa shape index (κ2) is 13.7. The van der Waals surface area contributed by atoms with Gasteiger partial charge in [0, 0.05) is 16.5 Å². The molecule has 5 aromatic carbocycles. The molecule has 5 aromatic rings. The zero-order valence-corrected chi connectivity index (χ0v) is 26.0. The van der Waals surface area contributed by atoms with Crippen LogP contribution in [0.4, 0.5) is 5.69 Å². The van der Waals surface area contributed by atoms with Gasteiger partial charge in [0.25, 0.3) is 0 Å². The molecule has 0 saturated heterocycles. The molecule has 0 saturated carbocycles. The van der Waals surface area contributed by atoms with Gasteiger partial charge < -0.3 is 0 Å². The average Bonchev–Trinajstić information content (AvgIpc) is 3.28. The molecule has 2 nitrogen and oxygen atoms in total. The molecule has 0 bridgehead atoms. The fourth-order valence-electron chi connectivity index (χ4n) is 5.37. The molecule has 0 atom stereocenters. The van der Waals surface area contributed by atoms with Crippen LogP contribution in [0.25, 0.3) is 10.8 Å². The van der Waals surface area contributed by atoms with E-state index in [1.54, 1.807) is 0 Å². The molecule has 0 heterocycles. The summed E-state index contributed by atoms with van der Waals surface area (Å²) in [4.78, 5) is 10.6. The van der Waals surface area contributed by atoms with Gasteiger partial charge in [0.15, 0.2) is 0 Å². The van der Waals surface area contributed by atoms with Crippen molar-refractivity contribution < 1.29 is 13.1 Å². The van der Waals surface area contributed by atoms with Gasteiger partial charge in [0.05, 0.1) is 48.3 Å². The quantitative estimate of drug-likeness (QED) is 0.134. The Labute approximate surface area is 252 Å². The van der Waals surface area contributed by atoms with Crippen molar-refractivity contribution in [1.29, 1.82) is 0 Å². The van der Waals surface area contributed by atoms with E-state index in [4.69, 9.17) is 30.2 Å². The molecular weight excluding hydrogens is 594 g/mol. The minimum atomic E-state index is -0.945. The monoisotopic (exact) mass is 623 g/mol. The van der Waals surface area contributed by atoms with E-state index < -0.39 is 7.92 Å². The first kappa shape index (κ1) is 28.7. The molecule has 0 N–H and O–H groups in total. The van der Waals surface area contributed by atoms with Gasteiger partial charge in [-0.05, 0) is 54.6 Å². The van der Waals surface area contributed by atoms with Crippen LogP contribution in [0.2, 0.25) is 0 Å². The third kappa shape index (κ3) is 6.26. The van der Waals surface area contributed by atoms with Gasteiger partial charge in [-0.1, -0.05) is 91.0 Å². The standard InChI is InChI=1S/C34H29N2P.2ClH.Fe/c1-24-12-9-13-25(2)32(24)36-34-30-21-11-15-26-14-10-20-29(31(26)30)33(34)35-22-23-37(27-16-5-3-6-17-27)28-18-7-4-8-19-28;;;/h3-21H,22-23H2,1-2H3;2*1H;/q;;;+2/p-1. The SMILES string of the molecule is Cc1cccc(C)c1N=C1C(=NCC[PH+](c2ccccc2)c2ccccc2)c2cccc3cccc1c23.[Cl][Fe][Cl]. The van der Waals surface area contributed by atoms with Crippen molar-refractivity contribution in [3.63, 3.8) is 0 Å². The Morgan fingerprint density at radius 3 is 1.68 bits per heavy atom. The Balaban J connectivity index is 0.00000103. The Morgan fingerprint density at radius 1 is 0.625 bits per heavy atom. The topological polar surface area (TPSA) is 24.7 Å². The number of aliphatic imine (C=N–C) groups is 2. The summed E-state index contributed by atoms with van der Waals surface area (Å²) in [6.45, 7) is 5.05. The first-order valence-corrected chi connectivity index (χ1v) is 17.9. The Morgan fingerprint density at radius 2 is 1.12 bits per heavy atom. The van der Waals surface area contributed by atoms with Crippen LogP contribution in [0, 0.1) is 13.8 Å². The van der Waals surface area contributed by atoms with Gasteiger partial charge in [0.1, 0.15) is 0 Å². The number of aryl methyl sites for hydroxylation is 2. The molecule has 6 rings (SSSR count). The number of benzene rings is 5. The molecule has 0 aliphatic heterocycles. The van der Waals surface area contributed by atoms with Crippen molar-refractivity contribution in [3.05, 3.63) is 138 Å². The Hall–Kier alpha value is -2.77. The fraction of sp³-hybridized carbons (Fsp3) is 0.118. The van der Waals surface area contributed by atoms with E-state index in [2.05, 4.69) is 129 Å². The minimum absolute atomic E-state index is 0.194. The van der Waals surface area contributed by atoms with Crippen molar-refractivity contribution in [2.75, 3.05) is 12.7 Å². The molecule has 1 aliphatic rings. The summed E-state index contributed by atoms with van der Waals surface area (Å²) < 4.78 is 0. The Kier molecular flexibility index (Phi) is 9.87. The molecule has 0 amide bonds. The molecule has 0 fully saturated rings. The number of halogens is 2. The van der Waals surface area contributed by atoms with Crippen molar-refractivity contribution in [1.82, 2.24) is 0 Å². The summed E-state index contributed by atoms with van der Waals surface area (Å²) in [5.41, 5.74) is 7.84. The van der Waals surface area contributed by atoms with Crippen LogP contribution in [0.1, 0.15) is 22.3 Å². The van der Waals surface area contributed by atoms with Crippen molar-refractivity contribution in [3.8, 4) is 0 Å². The van der Waals surface area contributed by atoms with Crippen molar-refractivity contribution >= 4 is 66.6 Å². The van der Waals surface area contributed by atoms with E-state index >= 15 is 0 Å². The number of hydrogen-bond acceptors (Lipinski definition) is 2. The van der Waals surface area contributed by atoms with Crippen LogP contribution in [-0.4, -0.2) is 24.1 Å². The third-order valence-corrected chi connectivity index (χ3v) is 9.96. The molecule has 0 unspecified atom stereocenters.